The molecule has 146 valence electrons. The number of aliphatic hydroxyl groups is 1. The number of nitrogens with one attached hydrogen (secondary N) is 1. The zero-order chi connectivity index (χ0) is 18.9. The minimum absolute atomic E-state index is 0.192. The molecule has 4 heterocycles. The Morgan fingerprint density at radius 1 is 1.26 bits per heavy atom. The van der Waals surface area contributed by atoms with Gasteiger partial charge in [0.05, 0.1) is 6.10 Å². The fourth-order valence-corrected chi connectivity index (χ4v) is 4.42. The smallest absolute Gasteiger partial charge is 0.114 e. The number of hydrogen-bond donors (Lipinski definition) is 3. The Labute approximate surface area is 161 Å². The summed E-state index contributed by atoms with van der Waals surface area (Å²) in [6.07, 6.45) is 9.33. The summed E-state index contributed by atoms with van der Waals surface area (Å²) >= 11 is 0. The minimum Gasteiger partial charge on any atom is -0.398 e. The summed E-state index contributed by atoms with van der Waals surface area (Å²) in [6, 6.07) is 4.30. The lowest BCUT2D eigenvalue weighted by atomic mass is 9.86. The summed E-state index contributed by atoms with van der Waals surface area (Å²) in [5.41, 5.74) is 9.98. The Hall–Kier alpha value is -1.89. The number of dihydropyridines is 1. The minimum atomic E-state index is -0.350. The second kappa shape index (κ2) is 7.62. The molecule has 0 spiro atoms. The van der Waals surface area contributed by atoms with Crippen LogP contribution in [0.25, 0.3) is 5.57 Å². The van der Waals surface area contributed by atoms with Gasteiger partial charge in [0.2, 0.25) is 0 Å². The lowest BCUT2D eigenvalue weighted by Gasteiger charge is -2.47. The Morgan fingerprint density at radius 2 is 2.00 bits per heavy atom. The summed E-state index contributed by atoms with van der Waals surface area (Å²) in [7, 11) is 0. The molecule has 4 N–H and O–H groups in total. The summed E-state index contributed by atoms with van der Waals surface area (Å²) in [4.78, 5) is 7.06. The van der Waals surface area contributed by atoms with E-state index in [0.29, 0.717) is 5.92 Å². The van der Waals surface area contributed by atoms with Crippen molar-refractivity contribution in [3.63, 3.8) is 0 Å². The molecule has 0 saturated carbocycles. The predicted molar refractivity (Wildman–Crippen MR) is 106 cm³/mol. The van der Waals surface area contributed by atoms with Crippen molar-refractivity contribution >= 4 is 5.57 Å². The molecule has 27 heavy (non-hydrogen) atoms. The maximum absolute atomic E-state index is 9.90. The zero-order valence-corrected chi connectivity index (χ0v) is 16.0. The molecule has 0 amide bonds. The Morgan fingerprint density at radius 3 is 2.74 bits per heavy atom. The average molecular weight is 370 g/mol. The molecular weight excluding hydrogens is 340 g/mol. The van der Waals surface area contributed by atoms with Crippen molar-refractivity contribution in [2.24, 2.45) is 5.73 Å². The zero-order valence-electron chi connectivity index (χ0n) is 16.0. The van der Waals surface area contributed by atoms with E-state index < -0.39 is 0 Å². The number of pyridine rings is 1. The van der Waals surface area contributed by atoms with Crippen LogP contribution in [-0.4, -0.2) is 53.1 Å². The molecule has 0 radical (unpaired) electrons. The number of likely N-dealkylation sites (tertiary alicyclic amines) is 1. The largest absolute Gasteiger partial charge is 0.398 e. The molecule has 0 bridgehead atoms. The summed E-state index contributed by atoms with van der Waals surface area (Å²) in [5.74, 6) is 0.458. The van der Waals surface area contributed by atoms with Crippen LogP contribution in [0.3, 0.4) is 0 Å². The van der Waals surface area contributed by atoms with E-state index in [1.807, 2.05) is 12.4 Å². The average Bonchev–Trinajstić information content (AvgIpc) is 2.71. The van der Waals surface area contributed by atoms with E-state index >= 15 is 0 Å². The van der Waals surface area contributed by atoms with Crippen molar-refractivity contribution < 1.29 is 9.84 Å². The van der Waals surface area contributed by atoms with Gasteiger partial charge in [0.15, 0.2) is 0 Å². The molecule has 2 fully saturated rings. The molecule has 1 aromatic rings. The van der Waals surface area contributed by atoms with Crippen LogP contribution in [0, 0.1) is 0 Å². The van der Waals surface area contributed by atoms with E-state index in [-0.39, 0.29) is 11.8 Å². The van der Waals surface area contributed by atoms with Gasteiger partial charge in [-0.2, -0.15) is 0 Å². The third-order valence-electron chi connectivity index (χ3n) is 6.18. The van der Waals surface area contributed by atoms with Gasteiger partial charge in [0, 0.05) is 61.6 Å². The van der Waals surface area contributed by atoms with Crippen molar-refractivity contribution in [3.05, 3.63) is 47.6 Å². The van der Waals surface area contributed by atoms with Crippen LogP contribution in [-0.2, 0) is 4.74 Å². The van der Waals surface area contributed by atoms with Gasteiger partial charge in [-0.15, -0.1) is 0 Å². The van der Waals surface area contributed by atoms with E-state index in [0.717, 1.165) is 74.5 Å². The van der Waals surface area contributed by atoms with Gasteiger partial charge in [0.1, 0.15) is 5.66 Å². The van der Waals surface area contributed by atoms with Crippen molar-refractivity contribution in [2.75, 3.05) is 26.3 Å². The standard InChI is InChI=1S/C21H30N4O2/c1-21(25-8-3-18(26)4-9-25)19(13-17(22)14-24-21)16-2-7-23-20(12-16)15-5-10-27-11-6-15/h2,7,12-15,18,24,26H,3-6,8-11,22H2,1H3. The Kier molecular flexibility index (Phi) is 5.21. The van der Waals surface area contributed by atoms with Crippen molar-refractivity contribution in [3.8, 4) is 0 Å². The number of nitrogens with two attached hydrogens (primary N) is 1. The first-order valence-electron chi connectivity index (χ1n) is 9.99. The molecular formula is C21H30N4O2. The second-order valence-electron chi connectivity index (χ2n) is 7.99. The molecule has 4 rings (SSSR count). The highest BCUT2D eigenvalue weighted by Crippen LogP contribution is 2.36. The highest BCUT2D eigenvalue weighted by atomic mass is 16.5. The number of nitrogens with zero attached hydrogens (tertiary/aromatic N) is 2. The van der Waals surface area contributed by atoms with Gasteiger partial charge in [-0.05, 0) is 56.4 Å². The van der Waals surface area contributed by atoms with E-state index in [1.54, 1.807) is 0 Å². The quantitative estimate of drug-likeness (QED) is 0.754. The summed E-state index contributed by atoms with van der Waals surface area (Å²) in [5, 5.41) is 13.4. The molecule has 1 aromatic heterocycles. The molecule has 3 aliphatic rings. The van der Waals surface area contributed by atoms with Crippen LogP contribution >= 0.6 is 0 Å². The van der Waals surface area contributed by atoms with Gasteiger partial charge in [-0.1, -0.05) is 0 Å². The normalized spacial score (nSPS) is 28.4. The van der Waals surface area contributed by atoms with Crippen molar-refractivity contribution in [1.29, 1.82) is 0 Å². The molecule has 6 nitrogen and oxygen atoms in total. The molecule has 0 aromatic carbocycles. The topological polar surface area (TPSA) is 83.6 Å². The maximum atomic E-state index is 9.90. The molecule has 0 aliphatic carbocycles. The van der Waals surface area contributed by atoms with E-state index in [1.165, 1.54) is 0 Å². The van der Waals surface area contributed by atoms with E-state index in [4.69, 9.17) is 10.5 Å². The first-order chi connectivity index (χ1) is 13.1. The number of piperidine rings is 1. The summed E-state index contributed by atoms with van der Waals surface area (Å²) in [6.45, 7) is 5.53. The third kappa shape index (κ3) is 3.74. The maximum Gasteiger partial charge on any atom is 0.114 e. The van der Waals surface area contributed by atoms with Gasteiger partial charge in [0.25, 0.3) is 0 Å². The molecule has 1 atom stereocenters. The number of hydrogen-bond acceptors (Lipinski definition) is 6. The first-order valence-corrected chi connectivity index (χ1v) is 9.99. The molecule has 1 unspecified atom stereocenters. The number of aliphatic hydroxyl groups excluding tert-OH is 1. The monoisotopic (exact) mass is 370 g/mol. The predicted octanol–water partition coefficient (Wildman–Crippen LogP) is 1.94. The van der Waals surface area contributed by atoms with Crippen molar-refractivity contribution in [1.82, 2.24) is 15.2 Å². The van der Waals surface area contributed by atoms with Crippen LogP contribution in [0.1, 0.15) is 49.8 Å². The fraction of sp³-hybridized carbons (Fsp3) is 0.571. The second-order valence-corrected chi connectivity index (χ2v) is 7.99. The number of aromatic nitrogens is 1. The van der Waals surface area contributed by atoms with Crippen LogP contribution < -0.4 is 11.1 Å². The third-order valence-corrected chi connectivity index (χ3v) is 6.18. The van der Waals surface area contributed by atoms with E-state index in [2.05, 4.69) is 40.3 Å². The molecule has 3 aliphatic heterocycles. The van der Waals surface area contributed by atoms with Gasteiger partial charge < -0.3 is 20.9 Å². The summed E-state index contributed by atoms with van der Waals surface area (Å²) < 4.78 is 5.50. The first kappa shape index (κ1) is 18.5. The molecule has 6 heteroatoms. The Balaban J connectivity index is 1.65. The fourth-order valence-electron chi connectivity index (χ4n) is 4.42. The number of rotatable bonds is 3. The highest BCUT2D eigenvalue weighted by Gasteiger charge is 2.39. The van der Waals surface area contributed by atoms with E-state index in [9.17, 15) is 5.11 Å². The SMILES string of the molecule is CC1(N2CCC(O)CC2)NC=C(N)C=C1c1ccnc(C2CCOCC2)c1. The van der Waals surface area contributed by atoms with Crippen LogP contribution in [0.2, 0.25) is 0 Å². The van der Waals surface area contributed by atoms with Gasteiger partial charge >= 0.3 is 0 Å². The lowest BCUT2D eigenvalue weighted by molar-refractivity contribution is 0.0373. The van der Waals surface area contributed by atoms with Gasteiger partial charge in [-0.25, -0.2) is 0 Å². The van der Waals surface area contributed by atoms with Crippen molar-refractivity contribution in [2.45, 2.75) is 50.3 Å². The van der Waals surface area contributed by atoms with Crippen LogP contribution in [0.5, 0.6) is 0 Å². The highest BCUT2D eigenvalue weighted by molar-refractivity contribution is 5.76. The number of allylic oxidation sites excluding steroid dienone is 1. The molecule has 2 saturated heterocycles. The van der Waals surface area contributed by atoms with Gasteiger partial charge in [-0.3, -0.25) is 9.88 Å². The van der Waals surface area contributed by atoms with Crippen LogP contribution in [0.4, 0.5) is 0 Å². The number of ether oxygens (including phenoxy) is 1. The lowest BCUT2D eigenvalue weighted by Crippen LogP contribution is -2.59. The van der Waals surface area contributed by atoms with Crippen LogP contribution in [0.15, 0.2) is 36.3 Å². The Bertz CT molecular complexity index is 733.